The summed E-state index contributed by atoms with van der Waals surface area (Å²) in [5.41, 5.74) is 5.49. The molecule has 2 aromatic rings. The average Bonchev–Trinajstić information content (AvgIpc) is 2.56. The van der Waals surface area contributed by atoms with Crippen molar-refractivity contribution in [3.63, 3.8) is 0 Å². The number of hydrazine groups is 1. The maximum Gasteiger partial charge on any atom is 0.276 e. The maximum atomic E-state index is 13.4. The van der Waals surface area contributed by atoms with Crippen molar-refractivity contribution < 1.29 is 18.7 Å². The minimum absolute atomic E-state index is 0.176. The van der Waals surface area contributed by atoms with Crippen LogP contribution in [-0.4, -0.2) is 18.4 Å². The zero-order valence-electron chi connectivity index (χ0n) is 12.9. The highest BCUT2D eigenvalue weighted by Crippen LogP contribution is 2.20. The Morgan fingerprint density at radius 3 is 2.54 bits per heavy atom. The average molecular weight is 351 g/mol. The van der Waals surface area contributed by atoms with Gasteiger partial charge in [0, 0.05) is 5.02 Å². The van der Waals surface area contributed by atoms with Crippen LogP contribution in [0.5, 0.6) is 5.75 Å². The molecule has 126 valence electrons. The van der Waals surface area contributed by atoms with Gasteiger partial charge in [-0.05, 0) is 42.3 Å². The molecule has 0 atom stereocenters. The smallest absolute Gasteiger partial charge is 0.276 e. The second-order valence-electron chi connectivity index (χ2n) is 5.06. The van der Waals surface area contributed by atoms with Gasteiger partial charge in [-0.15, -0.1) is 0 Å². The van der Waals surface area contributed by atoms with Crippen molar-refractivity contribution in [1.82, 2.24) is 10.9 Å². The fourth-order valence-electron chi connectivity index (χ4n) is 1.89. The summed E-state index contributed by atoms with van der Waals surface area (Å²) in [5.74, 6) is -1.05. The number of ether oxygens (including phenoxy) is 1. The second kappa shape index (κ2) is 8.31. The lowest BCUT2D eigenvalue weighted by Crippen LogP contribution is -2.44. The first-order valence-corrected chi connectivity index (χ1v) is 7.53. The second-order valence-corrected chi connectivity index (χ2v) is 5.47. The van der Waals surface area contributed by atoms with Gasteiger partial charge in [0.1, 0.15) is 11.6 Å². The van der Waals surface area contributed by atoms with Crippen molar-refractivity contribution in [2.45, 2.75) is 13.3 Å². The van der Waals surface area contributed by atoms with Crippen LogP contribution in [0.3, 0.4) is 0 Å². The summed E-state index contributed by atoms with van der Waals surface area (Å²) < 4.78 is 18.7. The number of rotatable bonds is 5. The number of benzene rings is 2. The predicted octanol–water partition coefficient (Wildman–Crippen LogP) is 2.56. The van der Waals surface area contributed by atoms with Crippen molar-refractivity contribution in [1.29, 1.82) is 0 Å². The van der Waals surface area contributed by atoms with E-state index in [1.807, 2.05) is 6.92 Å². The van der Waals surface area contributed by atoms with Crippen LogP contribution < -0.4 is 15.6 Å². The molecule has 0 saturated heterocycles. The lowest BCUT2D eigenvalue weighted by atomic mass is 10.1. The molecule has 0 aliphatic rings. The van der Waals surface area contributed by atoms with E-state index < -0.39 is 17.6 Å². The standard InChI is InChI=1S/C17H16ClFN2O3/c1-11-8-13(6-7-14(11)18)24-10-17(23)21-20-16(22)9-12-4-2-3-5-15(12)19/h2-8H,9-10H2,1H3,(H,20,22)(H,21,23). The molecule has 0 radical (unpaired) electrons. The molecule has 24 heavy (non-hydrogen) atoms. The number of hydrogen-bond donors (Lipinski definition) is 2. The molecule has 5 nitrogen and oxygen atoms in total. The Balaban J connectivity index is 1.75. The lowest BCUT2D eigenvalue weighted by Gasteiger charge is -2.10. The SMILES string of the molecule is Cc1cc(OCC(=O)NNC(=O)Cc2ccccc2F)ccc1Cl. The quantitative estimate of drug-likeness (QED) is 0.814. The van der Waals surface area contributed by atoms with Gasteiger partial charge < -0.3 is 4.74 Å². The van der Waals surface area contributed by atoms with Crippen molar-refractivity contribution >= 4 is 23.4 Å². The maximum absolute atomic E-state index is 13.4. The molecule has 7 heteroatoms. The summed E-state index contributed by atoms with van der Waals surface area (Å²) >= 11 is 5.90. The van der Waals surface area contributed by atoms with Gasteiger partial charge >= 0.3 is 0 Å². The summed E-state index contributed by atoms with van der Waals surface area (Å²) in [4.78, 5) is 23.3. The van der Waals surface area contributed by atoms with Crippen LogP contribution >= 0.6 is 11.6 Å². The zero-order valence-corrected chi connectivity index (χ0v) is 13.7. The third kappa shape index (κ3) is 5.24. The molecule has 2 aromatic carbocycles. The van der Waals surface area contributed by atoms with Crippen LogP contribution in [-0.2, 0) is 16.0 Å². The van der Waals surface area contributed by atoms with Gasteiger partial charge in [0.15, 0.2) is 6.61 Å². The Morgan fingerprint density at radius 2 is 1.83 bits per heavy atom. The Hall–Kier alpha value is -2.60. The van der Waals surface area contributed by atoms with Crippen LogP contribution in [0.25, 0.3) is 0 Å². The normalized spacial score (nSPS) is 10.1. The van der Waals surface area contributed by atoms with E-state index in [1.165, 1.54) is 18.2 Å². The molecule has 0 spiro atoms. The van der Waals surface area contributed by atoms with Gasteiger partial charge in [0.2, 0.25) is 5.91 Å². The molecule has 0 aliphatic carbocycles. The highest BCUT2D eigenvalue weighted by molar-refractivity contribution is 6.31. The number of hydrogen-bond acceptors (Lipinski definition) is 3. The number of aryl methyl sites for hydroxylation is 1. The highest BCUT2D eigenvalue weighted by Gasteiger charge is 2.09. The van der Waals surface area contributed by atoms with E-state index in [4.69, 9.17) is 16.3 Å². The fourth-order valence-corrected chi connectivity index (χ4v) is 2.01. The number of nitrogens with one attached hydrogen (secondary N) is 2. The van der Waals surface area contributed by atoms with Crippen molar-refractivity contribution in [3.8, 4) is 5.75 Å². The van der Waals surface area contributed by atoms with E-state index in [2.05, 4.69) is 10.9 Å². The van der Waals surface area contributed by atoms with E-state index in [9.17, 15) is 14.0 Å². The zero-order chi connectivity index (χ0) is 17.5. The van der Waals surface area contributed by atoms with E-state index in [0.29, 0.717) is 10.8 Å². The molecule has 0 fully saturated rings. The molecular weight excluding hydrogens is 335 g/mol. The Morgan fingerprint density at radius 1 is 1.12 bits per heavy atom. The van der Waals surface area contributed by atoms with Gasteiger partial charge in [-0.25, -0.2) is 4.39 Å². The molecule has 0 saturated carbocycles. The highest BCUT2D eigenvalue weighted by atomic mass is 35.5. The van der Waals surface area contributed by atoms with E-state index in [1.54, 1.807) is 24.3 Å². The first-order chi connectivity index (χ1) is 11.5. The molecule has 0 heterocycles. The first-order valence-electron chi connectivity index (χ1n) is 7.16. The van der Waals surface area contributed by atoms with Crippen molar-refractivity contribution in [3.05, 3.63) is 64.4 Å². The third-order valence-electron chi connectivity index (χ3n) is 3.15. The molecule has 2 N–H and O–H groups in total. The summed E-state index contributed by atoms with van der Waals surface area (Å²) in [5, 5.41) is 0.604. The van der Waals surface area contributed by atoms with Crippen LogP contribution in [0.2, 0.25) is 5.02 Å². The molecule has 2 rings (SSSR count). The van der Waals surface area contributed by atoms with Crippen LogP contribution in [0.15, 0.2) is 42.5 Å². The minimum atomic E-state index is -0.538. The van der Waals surface area contributed by atoms with Crippen molar-refractivity contribution in [2.24, 2.45) is 0 Å². The third-order valence-corrected chi connectivity index (χ3v) is 3.57. The summed E-state index contributed by atoms with van der Waals surface area (Å²) in [6.07, 6.45) is -0.176. The summed E-state index contributed by atoms with van der Waals surface area (Å²) in [6, 6.07) is 10.9. The topological polar surface area (TPSA) is 67.4 Å². The monoisotopic (exact) mass is 350 g/mol. The van der Waals surface area contributed by atoms with Gasteiger partial charge in [0.05, 0.1) is 6.42 Å². The first kappa shape index (κ1) is 17.7. The Kier molecular flexibility index (Phi) is 6.14. The van der Waals surface area contributed by atoms with Gasteiger partial charge in [-0.1, -0.05) is 29.8 Å². The minimum Gasteiger partial charge on any atom is -0.484 e. The lowest BCUT2D eigenvalue weighted by molar-refractivity contribution is -0.129. The fraction of sp³-hybridized carbons (Fsp3) is 0.176. The molecular formula is C17H16ClFN2O3. The predicted molar refractivity (Wildman–Crippen MR) is 88.1 cm³/mol. The van der Waals surface area contributed by atoms with E-state index in [-0.39, 0.29) is 18.6 Å². The van der Waals surface area contributed by atoms with E-state index >= 15 is 0 Å². The van der Waals surface area contributed by atoms with Gasteiger partial charge in [-0.3, -0.25) is 20.4 Å². The number of amides is 2. The molecule has 0 bridgehead atoms. The van der Waals surface area contributed by atoms with E-state index in [0.717, 1.165) is 5.56 Å². The molecule has 0 aliphatic heterocycles. The Bertz CT molecular complexity index is 752. The molecule has 0 aromatic heterocycles. The van der Waals surface area contributed by atoms with Gasteiger partial charge in [-0.2, -0.15) is 0 Å². The summed E-state index contributed by atoms with van der Waals surface area (Å²) in [6.45, 7) is 1.54. The summed E-state index contributed by atoms with van der Waals surface area (Å²) in [7, 11) is 0. The van der Waals surface area contributed by atoms with Crippen LogP contribution in [0.1, 0.15) is 11.1 Å². The molecule has 0 unspecified atom stereocenters. The van der Waals surface area contributed by atoms with Crippen LogP contribution in [0.4, 0.5) is 4.39 Å². The number of carbonyl (C=O) groups is 2. The largest absolute Gasteiger partial charge is 0.484 e. The van der Waals surface area contributed by atoms with Crippen molar-refractivity contribution in [2.75, 3.05) is 6.61 Å². The number of halogens is 2. The number of carbonyl (C=O) groups excluding carboxylic acids is 2. The Labute approximate surface area is 143 Å². The molecule has 2 amide bonds. The van der Waals surface area contributed by atoms with Gasteiger partial charge in [0.25, 0.3) is 5.91 Å². The van der Waals surface area contributed by atoms with Crippen LogP contribution in [0, 0.1) is 12.7 Å².